The minimum Gasteiger partial charge on any atom is -0.486 e. The molecule has 2 aromatic carbocycles. The number of hydrogen-bond donors (Lipinski definition) is 0. The van der Waals surface area contributed by atoms with Crippen molar-refractivity contribution in [1.29, 1.82) is 0 Å². The predicted octanol–water partition coefficient (Wildman–Crippen LogP) is 3.33. The molecule has 0 aliphatic carbocycles. The molecule has 0 spiro atoms. The number of nitrogens with zero attached hydrogens (tertiary/aromatic N) is 4. The van der Waals surface area contributed by atoms with Gasteiger partial charge >= 0.3 is 6.09 Å². The summed E-state index contributed by atoms with van der Waals surface area (Å²) in [5.41, 5.74) is 2.15. The van der Waals surface area contributed by atoms with Gasteiger partial charge in [-0.15, -0.1) is 5.10 Å². The number of aryl methyl sites for hydroxylation is 1. The number of halogens is 1. The van der Waals surface area contributed by atoms with E-state index >= 15 is 0 Å². The Labute approximate surface area is 161 Å². The Balaban J connectivity index is 1.41. The summed E-state index contributed by atoms with van der Waals surface area (Å²) >= 11 is 0. The Kier molecular flexibility index (Phi) is 4.92. The quantitative estimate of drug-likeness (QED) is 0.654. The number of aromatic nitrogens is 3. The molecule has 1 atom stereocenters. The van der Waals surface area contributed by atoms with Gasteiger partial charge in [0.1, 0.15) is 12.7 Å². The Morgan fingerprint density at radius 2 is 2.07 bits per heavy atom. The number of cyclic esters (lactones) is 1. The highest BCUT2D eigenvalue weighted by Gasteiger charge is 2.33. The molecule has 2 heterocycles. The minimum atomic E-state index is -0.531. The van der Waals surface area contributed by atoms with Crippen LogP contribution in [0.3, 0.4) is 0 Å². The van der Waals surface area contributed by atoms with Crippen LogP contribution in [0.1, 0.15) is 11.3 Å². The zero-order chi connectivity index (χ0) is 19.5. The number of carbonyl (C=O) groups excluding carboxylic acids is 1. The molecule has 0 saturated carbocycles. The average molecular weight is 382 g/mol. The second-order valence-corrected chi connectivity index (χ2v) is 6.59. The van der Waals surface area contributed by atoms with Crippen LogP contribution in [0.2, 0.25) is 0 Å². The lowest BCUT2D eigenvalue weighted by Gasteiger charge is -2.15. The van der Waals surface area contributed by atoms with Crippen molar-refractivity contribution in [2.24, 2.45) is 0 Å². The maximum Gasteiger partial charge on any atom is 0.414 e. The lowest BCUT2D eigenvalue weighted by Crippen LogP contribution is -2.26. The third-order valence-corrected chi connectivity index (χ3v) is 4.38. The van der Waals surface area contributed by atoms with Crippen LogP contribution in [-0.2, 0) is 17.9 Å². The number of hydrogen-bond acceptors (Lipinski definition) is 5. The zero-order valence-corrected chi connectivity index (χ0v) is 15.3. The monoisotopic (exact) mass is 382 g/mol. The molecule has 4 rings (SSSR count). The highest BCUT2D eigenvalue weighted by atomic mass is 19.1. The largest absolute Gasteiger partial charge is 0.486 e. The minimum absolute atomic E-state index is 0.134. The molecule has 8 heteroatoms. The lowest BCUT2D eigenvalue weighted by atomic mass is 10.2. The van der Waals surface area contributed by atoms with Gasteiger partial charge in [-0.05, 0) is 24.6 Å². The number of anilines is 1. The Morgan fingerprint density at radius 1 is 1.25 bits per heavy atom. The fourth-order valence-electron chi connectivity index (χ4n) is 3.03. The topological polar surface area (TPSA) is 69.5 Å². The van der Waals surface area contributed by atoms with Crippen LogP contribution < -0.4 is 9.64 Å². The summed E-state index contributed by atoms with van der Waals surface area (Å²) < 4.78 is 27.0. The van der Waals surface area contributed by atoms with Gasteiger partial charge in [-0.25, -0.2) is 13.9 Å². The fraction of sp³-hybridized carbons (Fsp3) is 0.250. The normalized spacial score (nSPS) is 16.3. The van der Waals surface area contributed by atoms with E-state index in [4.69, 9.17) is 9.47 Å². The third-order valence-electron chi connectivity index (χ3n) is 4.38. The molecule has 0 N–H and O–H groups in total. The summed E-state index contributed by atoms with van der Waals surface area (Å²) in [5, 5.41) is 7.86. The van der Waals surface area contributed by atoms with Crippen LogP contribution in [0.25, 0.3) is 0 Å². The van der Waals surface area contributed by atoms with E-state index in [1.807, 2.05) is 37.3 Å². The van der Waals surface area contributed by atoms with Crippen molar-refractivity contribution in [3.05, 3.63) is 71.8 Å². The first-order chi connectivity index (χ1) is 13.6. The van der Waals surface area contributed by atoms with Gasteiger partial charge in [0.25, 0.3) is 0 Å². The smallest absolute Gasteiger partial charge is 0.414 e. The number of ether oxygens (including phenoxy) is 2. The molecular formula is C20H19FN4O3. The maximum atomic E-state index is 14.5. The van der Waals surface area contributed by atoms with Gasteiger partial charge in [-0.2, -0.15) is 0 Å². The van der Waals surface area contributed by atoms with E-state index in [-0.39, 0.29) is 18.5 Å². The summed E-state index contributed by atoms with van der Waals surface area (Å²) in [5.74, 6) is -0.397. The molecule has 1 amide bonds. The number of amides is 1. The van der Waals surface area contributed by atoms with Crippen molar-refractivity contribution >= 4 is 11.8 Å². The molecule has 0 radical (unpaired) electrons. The molecule has 0 unspecified atom stereocenters. The highest BCUT2D eigenvalue weighted by Crippen LogP contribution is 2.28. The summed E-state index contributed by atoms with van der Waals surface area (Å²) in [6, 6.07) is 14.0. The van der Waals surface area contributed by atoms with Crippen LogP contribution in [-0.4, -0.2) is 33.7 Å². The summed E-state index contributed by atoms with van der Waals surface area (Å²) in [6.45, 7) is 2.80. The van der Waals surface area contributed by atoms with E-state index in [1.54, 1.807) is 16.9 Å². The predicted molar refractivity (Wildman–Crippen MR) is 99.5 cm³/mol. The second kappa shape index (κ2) is 7.67. The molecule has 1 saturated heterocycles. The van der Waals surface area contributed by atoms with Crippen molar-refractivity contribution in [2.45, 2.75) is 26.2 Å². The van der Waals surface area contributed by atoms with E-state index in [0.29, 0.717) is 18.8 Å². The SMILES string of the molecule is Cc1cn(C[C@H]2CN(c3ccc(OCc4ccccc4)c(F)c3)C(=O)O2)nn1. The van der Waals surface area contributed by atoms with Crippen molar-refractivity contribution in [3.8, 4) is 5.75 Å². The fourth-order valence-corrected chi connectivity index (χ4v) is 3.03. The molecule has 1 aliphatic rings. The van der Waals surface area contributed by atoms with Gasteiger partial charge < -0.3 is 9.47 Å². The zero-order valence-electron chi connectivity index (χ0n) is 15.3. The van der Waals surface area contributed by atoms with E-state index in [2.05, 4.69) is 10.3 Å². The first kappa shape index (κ1) is 18.0. The Bertz CT molecular complexity index is 977. The van der Waals surface area contributed by atoms with Gasteiger partial charge in [-0.1, -0.05) is 35.5 Å². The Morgan fingerprint density at radius 3 is 2.79 bits per heavy atom. The van der Waals surface area contributed by atoms with E-state index < -0.39 is 11.9 Å². The van der Waals surface area contributed by atoms with Gasteiger partial charge in [0.15, 0.2) is 11.6 Å². The maximum absolute atomic E-state index is 14.5. The number of carbonyl (C=O) groups is 1. The summed E-state index contributed by atoms with van der Waals surface area (Å²) in [6.07, 6.45) is 0.875. The lowest BCUT2D eigenvalue weighted by molar-refractivity contribution is 0.129. The van der Waals surface area contributed by atoms with Crippen molar-refractivity contribution < 1.29 is 18.7 Å². The van der Waals surface area contributed by atoms with Gasteiger partial charge in [0, 0.05) is 12.3 Å². The van der Waals surface area contributed by atoms with Crippen molar-refractivity contribution in [3.63, 3.8) is 0 Å². The van der Waals surface area contributed by atoms with Gasteiger partial charge in [0.05, 0.1) is 24.5 Å². The molecule has 1 fully saturated rings. The molecule has 28 heavy (non-hydrogen) atoms. The van der Waals surface area contributed by atoms with E-state index in [0.717, 1.165) is 11.3 Å². The van der Waals surface area contributed by atoms with Gasteiger partial charge in [-0.3, -0.25) is 4.90 Å². The van der Waals surface area contributed by atoms with Crippen molar-refractivity contribution in [1.82, 2.24) is 15.0 Å². The highest BCUT2D eigenvalue weighted by molar-refractivity contribution is 5.89. The first-order valence-corrected chi connectivity index (χ1v) is 8.89. The number of benzene rings is 2. The second-order valence-electron chi connectivity index (χ2n) is 6.59. The first-order valence-electron chi connectivity index (χ1n) is 8.89. The van der Waals surface area contributed by atoms with E-state index in [1.165, 1.54) is 17.0 Å². The van der Waals surface area contributed by atoms with Crippen LogP contribution in [0.5, 0.6) is 5.75 Å². The van der Waals surface area contributed by atoms with Crippen LogP contribution in [0, 0.1) is 12.7 Å². The molecule has 144 valence electrons. The van der Waals surface area contributed by atoms with Crippen LogP contribution >= 0.6 is 0 Å². The number of rotatable bonds is 6. The van der Waals surface area contributed by atoms with Crippen molar-refractivity contribution in [2.75, 3.05) is 11.4 Å². The summed E-state index contributed by atoms with van der Waals surface area (Å²) in [7, 11) is 0. The molecule has 1 aliphatic heterocycles. The summed E-state index contributed by atoms with van der Waals surface area (Å²) in [4.78, 5) is 13.6. The molecule has 7 nitrogen and oxygen atoms in total. The molecule has 3 aromatic rings. The van der Waals surface area contributed by atoms with Gasteiger partial charge in [0.2, 0.25) is 0 Å². The molecular weight excluding hydrogens is 363 g/mol. The average Bonchev–Trinajstić information content (AvgIpc) is 3.26. The Hall–Kier alpha value is -3.42. The van der Waals surface area contributed by atoms with Crippen LogP contribution in [0.4, 0.5) is 14.9 Å². The van der Waals surface area contributed by atoms with E-state index in [9.17, 15) is 9.18 Å². The molecule has 0 bridgehead atoms. The standard InChI is InChI=1S/C20H19FN4O3/c1-14-10-24(23-22-14)11-17-12-25(20(26)28-17)16-7-8-19(18(21)9-16)27-13-15-5-3-2-4-6-15/h2-10,17H,11-13H2,1H3/t17-/m0/s1. The molecule has 1 aromatic heterocycles. The third kappa shape index (κ3) is 3.95. The van der Waals surface area contributed by atoms with Crippen LogP contribution in [0.15, 0.2) is 54.7 Å².